The van der Waals surface area contributed by atoms with Gasteiger partial charge in [0.25, 0.3) is 0 Å². The van der Waals surface area contributed by atoms with Gasteiger partial charge in [-0.15, -0.1) is 10.2 Å². The first-order chi connectivity index (χ1) is 12.7. The molecule has 0 amide bonds. The van der Waals surface area contributed by atoms with Crippen molar-refractivity contribution in [2.75, 3.05) is 26.3 Å². The van der Waals surface area contributed by atoms with Gasteiger partial charge in [-0.05, 0) is 44.9 Å². The number of aryl methyl sites for hydroxylation is 2. The predicted octanol–water partition coefficient (Wildman–Crippen LogP) is 2.61. The van der Waals surface area contributed by atoms with Crippen LogP contribution < -0.4 is 0 Å². The van der Waals surface area contributed by atoms with Gasteiger partial charge in [-0.1, -0.05) is 5.16 Å². The number of ether oxygens (including phenoxy) is 1. The summed E-state index contributed by atoms with van der Waals surface area (Å²) in [6, 6.07) is 0.619. The molecule has 2 aromatic heterocycles. The van der Waals surface area contributed by atoms with E-state index < -0.39 is 0 Å². The molecule has 0 aromatic carbocycles. The van der Waals surface area contributed by atoms with E-state index in [2.05, 4.69) is 24.8 Å². The van der Waals surface area contributed by atoms with Crippen molar-refractivity contribution in [2.45, 2.75) is 58.0 Å². The lowest BCUT2D eigenvalue weighted by molar-refractivity contribution is 0.0104. The molecule has 2 aromatic rings. The summed E-state index contributed by atoms with van der Waals surface area (Å²) in [7, 11) is 0. The highest BCUT2D eigenvalue weighted by atomic mass is 16.5. The lowest BCUT2D eigenvalue weighted by Crippen LogP contribution is -2.37. The van der Waals surface area contributed by atoms with Crippen LogP contribution in [0.4, 0.5) is 0 Å². The second-order valence-corrected chi connectivity index (χ2v) is 8.33. The van der Waals surface area contributed by atoms with Crippen LogP contribution >= 0.6 is 0 Å². The fourth-order valence-electron chi connectivity index (χ4n) is 4.92. The Kier molecular flexibility index (Phi) is 3.90. The van der Waals surface area contributed by atoms with Crippen molar-refractivity contribution in [1.29, 1.82) is 0 Å². The molecule has 2 aliphatic heterocycles. The lowest BCUT2D eigenvalue weighted by atomic mass is 9.71. The van der Waals surface area contributed by atoms with Crippen molar-refractivity contribution < 1.29 is 9.26 Å². The van der Waals surface area contributed by atoms with Crippen LogP contribution in [0.3, 0.4) is 0 Å². The summed E-state index contributed by atoms with van der Waals surface area (Å²) in [5, 5.41) is 13.0. The van der Waals surface area contributed by atoms with Crippen LogP contribution in [0.5, 0.6) is 0 Å². The van der Waals surface area contributed by atoms with Gasteiger partial charge in [-0.3, -0.25) is 4.90 Å². The molecular formula is C19H27N5O2. The van der Waals surface area contributed by atoms with E-state index in [1.165, 1.54) is 24.2 Å². The van der Waals surface area contributed by atoms with Crippen molar-refractivity contribution in [1.82, 2.24) is 24.8 Å². The van der Waals surface area contributed by atoms with E-state index in [1.54, 1.807) is 0 Å². The number of likely N-dealkylation sites (tertiary alicyclic amines) is 1. The monoisotopic (exact) mass is 357 g/mol. The Balaban J connectivity index is 1.45. The van der Waals surface area contributed by atoms with Crippen LogP contribution in [0.2, 0.25) is 0 Å². The maximum atomic E-state index is 5.70. The van der Waals surface area contributed by atoms with Crippen LogP contribution in [0.15, 0.2) is 10.9 Å². The van der Waals surface area contributed by atoms with Crippen LogP contribution in [0.1, 0.15) is 60.5 Å². The summed E-state index contributed by atoms with van der Waals surface area (Å²) in [6.45, 7) is 8.76. The Morgan fingerprint density at radius 3 is 2.73 bits per heavy atom. The van der Waals surface area contributed by atoms with E-state index in [9.17, 15) is 0 Å². The SMILES string of the molecule is Cc1noc(C)c1CN1CC(c2nncn2C2CC2)C2(CCOCC2)C1. The van der Waals surface area contributed by atoms with Crippen LogP contribution in [-0.4, -0.2) is 51.1 Å². The predicted molar refractivity (Wildman–Crippen MR) is 94.8 cm³/mol. The molecule has 4 heterocycles. The van der Waals surface area contributed by atoms with Crippen LogP contribution in [0.25, 0.3) is 0 Å². The molecule has 0 radical (unpaired) electrons. The van der Waals surface area contributed by atoms with Gasteiger partial charge < -0.3 is 13.8 Å². The van der Waals surface area contributed by atoms with Crippen molar-refractivity contribution >= 4 is 0 Å². The second kappa shape index (κ2) is 6.16. The van der Waals surface area contributed by atoms with Gasteiger partial charge in [0.15, 0.2) is 0 Å². The Labute approximate surface area is 153 Å². The molecular weight excluding hydrogens is 330 g/mol. The molecule has 26 heavy (non-hydrogen) atoms. The van der Waals surface area contributed by atoms with Gasteiger partial charge in [-0.2, -0.15) is 0 Å². The van der Waals surface area contributed by atoms with Crippen molar-refractivity contribution in [3.05, 3.63) is 29.2 Å². The van der Waals surface area contributed by atoms with E-state index in [1.807, 2.05) is 20.2 Å². The summed E-state index contributed by atoms with van der Waals surface area (Å²) in [6.07, 6.45) is 6.67. The third kappa shape index (κ3) is 2.68. The van der Waals surface area contributed by atoms with Gasteiger partial charge in [0.1, 0.15) is 17.9 Å². The summed E-state index contributed by atoms with van der Waals surface area (Å²) in [4.78, 5) is 2.56. The molecule has 1 saturated carbocycles. The molecule has 0 N–H and O–H groups in total. The molecule has 3 fully saturated rings. The second-order valence-electron chi connectivity index (χ2n) is 8.33. The standard InChI is InChI=1S/C19H27N5O2/c1-13-16(14(2)26-22-13)9-23-10-17(19(11-23)5-7-25-8-6-19)18-21-20-12-24(18)15-3-4-15/h12,15,17H,3-11H2,1-2H3. The van der Waals surface area contributed by atoms with Crippen LogP contribution in [-0.2, 0) is 11.3 Å². The minimum atomic E-state index is 0.247. The number of hydrogen-bond donors (Lipinski definition) is 0. The average molecular weight is 357 g/mol. The van der Waals surface area contributed by atoms with Gasteiger partial charge in [0.2, 0.25) is 0 Å². The molecule has 1 aliphatic carbocycles. The Hall–Kier alpha value is -1.73. The van der Waals surface area contributed by atoms with E-state index in [-0.39, 0.29) is 5.41 Å². The van der Waals surface area contributed by atoms with Gasteiger partial charge in [0, 0.05) is 50.4 Å². The van der Waals surface area contributed by atoms with Gasteiger partial charge >= 0.3 is 0 Å². The minimum Gasteiger partial charge on any atom is -0.381 e. The van der Waals surface area contributed by atoms with Crippen molar-refractivity contribution in [3.63, 3.8) is 0 Å². The van der Waals surface area contributed by atoms with E-state index >= 15 is 0 Å². The molecule has 0 bridgehead atoms. The zero-order valence-electron chi connectivity index (χ0n) is 15.6. The van der Waals surface area contributed by atoms with Crippen molar-refractivity contribution in [3.8, 4) is 0 Å². The Bertz CT molecular complexity index is 768. The molecule has 2 saturated heterocycles. The first-order valence-corrected chi connectivity index (χ1v) is 9.77. The van der Waals surface area contributed by atoms with E-state index in [0.29, 0.717) is 12.0 Å². The molecule has 1 spiro atoms. The zero-order chi connectivity index (χ0) is 17.7. The number of rotatable bonds is 4. The van der Waals surface area contributed by atoms with Crippen LogP contribution in [0, 0.1) is 19.3 Å². The fraction of sp³-hybridized carbons (Fsp3) is 0.737. The molecule has 5 rings (SSSR count). The van der Waals surface area contributed by atoms with Gasteiger partial charge in [-0.25, -0.2) is 0 Å². The third-order valence-corrected chi connectivity index (χ3v) is 6.62. The zero-order valence-corrected chi connectivity index (χ0v) is 15.6. The summed E-state index contributed by atoms with van der Waals surface area (Å²) in [5.41, 5.74) is 2.49. The summed E-state index contributed by atoms with van der Waals surface area (Å²) < 4.78 is 13.4. The van der Waals surface area contributed by atoms with E-state index in [4.69, 9.17) is 9.26 Å². The Morgan fingerprint density at radius 1 is 1.23 bits per heavy atom. The smallest absolute Gasteiger partial charge is 0.138 e. The third-order valence-electron chi connectivity index (χ3n) is 6.62. The highest BCUT2D eigenvalue weighted by Crippen LogP contribution is 2.50. The van der Waals surface area contributed by atoms with Gasteiger partial charge in [0.05, 0.1) is 5.69 Å². The van der Waals surface area contributed by atoms with E-state index in [0.717, 1.165) is 57.1 Å². The molecule has 140 valence electrons. The molecule has 1 atom stereocenters. The van der Waals surface area contributed by atoms with Crippen molar-refractivity contribution in [2.24, 2.45) is 5.41 Å². The first-order valence-electron chi connectivity index (χ1n) is 9.77. The fourth-order valence-corrected chi connectivity index (χ4v) is 4.92. The number of hydrogen-bond acceptors (Lipinski definition) is 6. The number of nitrogens with zero attached hydrogens (tertiary/aromatic N) is 5. The molecule has 7 nitrogen and oxygen atoms in total. The highest BCUT2D eigenvalue weighted by Gasteiger charge is 2.50. The molecule has 3 aliphatic rings. The normalized spacial score (nSPS) is 26.0. The number of aromatic nitrogens is 4. The molecule has 7 heteroatoms. The Morgan fingerprint density at radius 2 is 2.04 bits per heavy atom. The lowest BCUT2D eigenvalue weighted by Gasteiger charge is -2.37. The largest absolute Gasteiger partial charge is 0.381 e. The highest BCUT2D eigenvalue weighted by molar-refractivity contribution is 5.22. The first kappa shape index (κ1) is 16.4. The maximum Gasteiger partial charge on any atom is 0.138 e. The topological polar surface area (TPSA) is 69.2 Å². The quantitative estimate of drug-likeness (QED) is 0.838. The molecule has 1 unspecified atom stereocenters. The average Bonchev–Trinajstić information content (AvgIpc) is 3.16. The summed E-state index contributed by atoms with van der Waals surface area (Å²) >= 11 is 0. The summed E-state index contributed by atoms with van der Waals surface area (Å²) in [5.74, 6) is 2.55. The maximum absolute atomic E-state index is 5.70. The minimum absolute atomic E-state index is 0.247.